The van der Waals surface area contributed by atoms with Crippen molar-refractivity contribution in [3.63, 3.8) is 0 Å². The molecule has 1 radical (unpaired) electrons. The summed E-state index contributed by atoms with van der Waals surface area (Å²) in [6.45, 7) is 0. The molecule has 0 heterocycles. The number of carbonyl (C=O) groups excluding carboxylic acids is 1. The van der Waals surface area contributed by atoms with Crippen LogP contribution in [0.3, 0.4) is 0 Å². The molecular formula is C10H11O3. The van der Waals surface area contributed by atoms with Crippen LogP contribution in [-0.4, -0.2) is 20.2 Å². The third-order valence-electron chi connectivity index (χ3n) is 1.60. The number of ether oxygens (including phenoxy) is 2. The van der Waals surface area contributed by atoms with Crippen LogP contribution in [0.15, 0.2) is 24.3 Å². The zero-order valence-corrected chi connectivity index (χ0v) is 7.61. The van der Waals surface area contributed by atoms with Crippen LogP contribution in [0.1, 0.15) is 5.56 Å². The van der Waals surface area contributed by atoms with Crippen molar-refractivity contribution in [1.82, 2.24) is 0 Å². The Morgan fingerprint density at radius 1 is 1.23 bits per heavy atom. The monoisotopic (exact) mass is 179 g/mol. The summed E-state index contributed by atoms with van der Waals surface area (Å²) in [6.07, 6.45) is 1.42. The molecule has 0 aromatic heterocycles. The van der Waals surface area contributed by atoms with Crippen LogP contribution in [-0.2, 0) is 9.53 Å². The lowest BCUT2D eigenvalue weighted by molar-refractivity contribution is -0.136. The van der Waals surface area contributed by atoms with Crippen molar-refractivity contribution in [1.29, 1.82) is 0 Å². The summed E-state index contributed by atoms with van der Waals surface area (Å²) in [4.78, 5) is 10.8. The van der Waals surface area contributed by atoms with Crippen LogP contribution >= 0.6 is 0 Å². The first-order valence-electron chi connectivity index (χ1n) is 3.83. The lowest BCUT2D eigenvalue weighted by Gasteiger charge is -2.01. The number of hydrogen-bond acceptors (Lipinski definition) is 3. The minimum Gasteiger partial charge on any atom is -0.497 e. The lowest BCUT2D eigenvalue weighted by Crippen LogP contribution is -2.01. The van der Waals surface area contributed by atoms with Gasteiger partial charge in [-0.05, 0) is 17.7 Å². The molecule has 0 saturated heterocycles. The van der Waals surface area contributed by atoms with Crippen LogP contribution < -0.4 is 4.74 Å². The maximum atomic E-state index is 10.8. The zero-order chi connectivity index (χ0) is 9.68. The van der Waals surface area contributed by atoms with Gasteiger partial charge in [0.2, 0.25) is 0 Å². The van der Waals surface area contributed by atoms with Gasteiger partial charge >= 0.3 is 5.97 Å². The Bertz CT molecular complexity index is 277. The highest BCUT2D eigenvalue weighted by Gasteiger charge is 2.02. The maximum Gasteiger partial charge on any atom is 0.314 e. The van der Waals surface area contributed by atoms with Gasteiger partial charge in [0.1, 0.15) is 5.75 Å². The zero-order valence-electron chi connectivity index (χ0n) is 7.61. The predicted octanol–water partition coefficient (Wildman–Crippen LogP) is 1.42. The van der Waals surface area contributed by atoms with Gasteiger partial charge in [-0.3, -0.25) is 4.79 Å². The van der Waals surface area contributed by atoms with Gasteiger partial charge in [0.15, 0.2) is 0 Å². The molecule has 0 aliphatic carbocycles. The highest BCUT2D eigenvalue weighted by Crippen LogP contribution is 2.12. The van der Waals surface area contributed by atoms with Gasteiger partial charge in [-0.25, -0.2) is 0 Å². The van der Waals surface area contributed by atoms with E-state index >= 15 is 0 Å². The summed E-state index contributed by atoms with van der Waals surface area (Å²) in [5.41, 5.74) is 0.799. The minimum atomic E-state index is -0.356. The number of methoxy groups -OCH3 is 2. The van der Waals surface area contributed by atoms with E-state index in [2.05, 4.69) is 4.74 Å². The summed E-state index contributed by atoms with van der Waals surface area (Å²) in [7, 11) is 2.95. The van der Waals surface area contributed by atoms with Crippen LogP contribution in [0.2, 0.25) is 0 Å². The average Bonchev–Trinajstić information content (AvgIpc) is 2.19. The van der Waals surface area contributed by atoms with Crippen molar-refractivity contribution in [2.45, 2.75) is 0 Å². The van der Waals surface area contributed by atoms with E-state index in [0.29, 0.717) is 0 Å². The Kier molecular flexibility index (Phi) is 3.31. The van der Waals surface area contributed by atoms with Crippen molar-refractivity contribution in [2.75, 3.05) is 14.2 Å². The number of esters is 1. The molecule has 0 unspecified atom stereocenters. The van der Waals surface area contributed by atoms with Crippen LogP contribution in [0, 0.1) is 6.42 Å². The van der Waals surface area contributed by atoms with E-state index in [0.717, 1.165) is 11.3 Å². The molecule has 1 aromatic rings. The molecule has 1 aromatic carbocycles. The van der Waals surface area contributed by atoms with Gasteiger partial charge in [-0.2, -0.15) is 0 Å². The average molecular weight is 179 g/mol. The molecule has 0 atom stereocenters. The Labute approximate surface area is 77.3 Å². The van der Waals surface area contributed by atoms with E-state index in [4.69, 9.17) is 4.74 Å². The first-order valence-corrected chi connectivity index (χ1v) is 3.83. The molecule has 0 spiro atoms. The summed E-state index contributed by atoms with van der Waals surface area (Å²) in [5.74, 6) is 0.409. The fourth-order valence-electron chi connectivity index (χ4n) is 0.895. The fraction of sp³-hybridized carbons (Fsp3) is 0.200. The van der Waals surface area contributed by atoms with E-state index in [9.17, 15) is 4.79 Å². The number of benzene rings is 1. The number of rotatable bonds is 3. The molecule has 0 aliphatic rings. The predicted molar refractivity (Wildman–Crippen MR) is 48.4 cm³/mol. The molecule has 0 saturated carbocycles. The minimum absolute atomic E-state index is 0.356. The molecule has 13 heavy (non-hydrogen) atoms. The van der Waals surface area contributed by atoms with Crippen molar-refractivity contribution in [3.05, 3.63) is 36.2 Å². The third kappa shape index (κ3) is 2.78. The standard InChI is InChI=1S/C10H11O3/c1-12-9-5-3-8(4-6-9)7-10(11)13-2/h3-7H,1-2H3. The second-order valence-corrected chi connectivity index (χ2v) is 2.44. The Morgan fingerprint density at radius 2 is 1.85 bits per heavy atom. The van der Waals surface area contributed by atoms with Gasteiger partial charge < -0.3 is 9.47 Å². The molecule has 0 bridgehead atoms. The SMILES string of the molecule is COC(=O)[CH]c1ccc(OC)cc1. The summed E-state index contributed by atoms with van der Waals surface area (Å²) in [6, 6.07) is 7.15. The van der Waals surface area contributed by atoms with E-state index < -0.39 is 0 Å². The molecular weight excluding hydrogens is 168 g/mol. The quantitative estimate of drug-likeness (QED) is 0.658. The second kappa shape index (κ2) is 4.50. The van der Waals surface area contributed by atoms with Gasteiger partial charge in [0, 0.05) is 0 Å². The van der Waals surface area contributed by atoms with E-state index in [1.54, 1.807) is 31.4 Å². The van der Waals surface area contributed by atoms with Crippen LogP contribution in [0.5, 0.6) is 5.75 Å². The largest absolute Gasteiger partial charge is 0.497 e. The highest BCUT2D eigenvalue weighted by molar-refractivity contribution is 5.83. The first-order chi connectivity index (χ1) is 6.26. The van der Waals surface area contributed by atoms with Crippen LogP contribution in [0.25, 0.3) is 0 Å². The molecule has 0 amide bonds. The van der Waals surface area contributed by atoms with Crippen molar-refractivity contribution in [3.8, 4) is 5.75 Å². The molecule has 0 fully saturated rings. The van der Waals surface area contributed by atoms with Crippen molar-refractivity contribution < 1.29 is 14.3 Å². The lowest BCUT2D eigenvalue weighted by atomic mass is 10.1. The van der Waals surface area contributed by atoms with E-state index in [1.165, 1.54) is 13.5 Å². The van der Waals surface area contributed by atoms with E-state index in [1.807, 2.05) is 0 Å². The highest BCUT2D eigenvalue weighted by atomic mass is 16.5. The van der Waals surface area contributed by atoms with E-state index in [-0.39, 0.29) is 5.97 Å². The number of hydrogen-bond donors (Lipinski definition) is 0. The Hall–Kier alpha value is -1.51. The Balaban J connectivity index is 2.64. The summed E-state index contributed by atoms with van der Waals surface area (Å²) in [5, 5.41) is 0. The summed E-state index contributed by atoms with van der Waals surface area (Å²) < 4.78 is 9.46. The molecule has 1 rings (SSSR count). The van der Waals surface area contributed by atoms with Crippen molar-refractivity contribution in [2.24, 2.45) is 0 Å². The fourth-order valence-corrected chi connectivity index (χ4v) is 0.895. The Morgan fingerprint density at radius 3 is 2.31 bits per heavy atom. The molecule has 3 heteroatoms. The van der Waals surface area contributed by atoms with Gasteiger partial charge in [0.05, 0.1) is 20.6 Å². The van der Waals surface area contributed by atoms with Crippen molar-refractivity contribution >= 4 is 5.97 Å². The second-order valence-electron chi connectivity index (χ2n) is 2.44. The smallest absolute Gasteiger partial charge is 0.314 e. The van der Waals surface area contributed by atoms with Crippen LogP contribution in [0.4, 0.5) is 0 Å². The molecule has 0 aliphatic heterocycles. The first kappa shape index (κ1) is 9.58. The maximum absolute atomic E-state index is 10.8. The molecule has 69 valence electrons. The molecule has 0 N–H and O–H groups in total. The van der Waals surface area contributed by atoms with Gasteiger partial charge in [-0.1, -0.05) is 12.1 Å². The topological polar surface area (TPSA) is 35.5 Å². The van der Waals surface area contributed by atoms with Gasteiger partial charge in [-0.15, -0.1) is 0 Å². The third-order valence-corrected chi connectivity index (χ3v) is 1.60. The number of carbonyl (C=O) groups is 1. The normalized spacial score (nSPS) is 9.38. The van der Waals surface area contributed by atoms with Gasteiger partial charge in [0.25, 0.3) is 0 Å². The summed E-state index contributed by atoms with van der Waals surface area (Å²) >= 11 is 0. The molecule has 3 nitrogen and oxygen atoms in total.